The third kappa shape index (κ3) is 0.830. The number of azo groups is 1. The third-order valence-corrected chi connectivity index (χ3v) is 1.48. The van der Waals surface area contributed by atoms with E-state index in [1.165, 1.54) is 12.7 Å². The van der Waals surface area contributed by atoms with Crippen LogP contribution in [0.3, 0.4) is 0 Å². The lowest BCUT2D eigenvalue weighted by Crippen LogP contribution is -2.15. The lowest BCUT2D eigenvalue weighted by Gasteiger charge is -2.09. The van der Waals surface area contributed by atoms with Crippen molar-refractivity contribution in [1.29, 1.82) is 0 Å². The second-order valence-electron chi connectivity index (χ2n) is 2.31. The van der Waals surface area contributed by atoms with Crippen molar-refractivity contribution >= 4 is 6.34 Å². The molecule has 1 unspecified atom stereocenters. The van der Waals surface area contributed by atoms with Crippen LogP contribution < -0.4 is 0 Å². The van der Waals surface area contributed by atoms with E-state index in [0.29, 0.717) is 5.82 Å². The molecule has 0 bridgehead atoms. The maximum absolute atomic E-state index is 4.02. The highest BCUT2D eigenvalue weighted by molar-refractivity contribution is 5.57. The fourth-order valence-corrected chi connectivity index (χ4v) is 0.844. The van der Waals surface area contributed by atoms with Gasteiger partial charge in [0.1, 0.15) is 12.7 Å². The Morgan fingerprint density at radius 3 is 3.00 bits per heavy atom. The molecule has 1 aliphatic rings. The van der Waals surface area contributed by atoms with E-state index in [-0.39, 0.29) is 0 Å². The van der Waals surface area contributed by atoms with Crippen molar-refractivity contribution in [2.24, 2.45) is 15.2 Å². The first-order valence-corrected chi connectivity index (χ1v) is 3.13. The number of aliphatic imine (C=N–C) groups is 1. The van der Waals surface area contributed by atoms with Gasteiger partial charge in [-0.2, -0.15) is 5.10 Å². The van der Waals surface area contributed by atoms with Crippen LogP contribution in [-0.4, -0.2) is 21.5 Å². The first-order valence-electron chi connectivity index (χ1n) is 3.13. The number of rotatable bonds is 1. The van der Waals surface area contributed by atoms with Crippen LogP contribution in [0, 0.1) is 0 Å². The Labute approximate surface area is 62.5 Å². The molecule has 0 amide bonds. The number of aromatic nitrogens is 3. The van der Waals surface area contributed by atoms with Gasteiger partial charge in [0, 0.05) is 0 Å². The molecule has 0 fully saturated rings. The Bertz CT molecular complexity index is 285. The molecule has 0 saturated carbocycles. The van der Waals surface area contributed by atoms with Gasteiger partial charge in [-0.05, 0) is 6.92 Å². The molecule has 1 aromatic heterocycles. The van der Waals surface area contributed by atoms with Gasteiger partial charge < -0.3 is 0 Å². The maximum Gasteiger partial charge on any atom is 0.228 e. The van der Waals surface area contributed by atoms with Crippen LogP contribution in [0.1, 0.15) is 12.7 Å². The summed E-state index contributed by atoms with van der Waals surface area (Å²) in [5.41, 5.74) is -0.684. The van der Waals surface area contributed by atoms with Crippen LogP contribution in [0.2, 0.25) is 0 Å². The number of hydrogen-bond acceptors (Lipinski definition) is 5. The van der Waals surface area contributed by atoms with Crippen LogP contribution in [0.15, 0.2) is 21.5 Å². The molecule has 0 saturated heterocycles. The Kier molecular flexibility index (Phi) is 1.09. The van der Waals surface area contributed by atoms with Crippen molar-refractivity contribution in [3.05, 3.63) is 12.2 Å². The van der Waals surface area contributed by atoms with E-state index in [9.17, 15) is 0 Å². The Morgan fingerprint density at radius 1 is 1.55 bits per heavy atom. The van der Waals surface area contributed by atoms with E-state index < -0.39 is 5.66 Å². The largest absolute Gasteiger partial charge is 0.260 e. The molecule has 11 heavy (non-hydrogen) atoms. The first-order chi connectivity index (χ1) is 5.31. The highest BCUT2D eigenvalue weighted by atomic mass is 15.3. The fraction of sp³-hybridized carbons (Fsp3) is 0.400. The molecule has 0 radical (unpaired) electrons. The predicted octanol–water partition coefficient (Wildman–Crippen LogP) is 0.471. The van der Waals surface area contributed by atoms with E-state index >= 15 is 0 Å². The molecule has 1 aliphatic heterocycles. The first kappa shape index (κ1) is 6.14. The molecule has 0 aliphatic carbocycles. The standard InChI is InChI=1S/C5H6N6/c1-5(7-3-9-11-5)4-6-2-8-10-4/h2-3H,1H3,(H,6,8,10). The zero-order valence-corrected chi connectivity index (χ0v) is 5.89. The van der Waals surface area contributed by atoms with E-state index in [4.69, 9.17) is 0 Å². The summed E-state index contributed by atoms with van der Waals surface area (Å²) < 4.78 is 0. The smallest absolute Gasteiger partial charge is 0.228 e. The molecule has 1 N–H and O–H groups in total. The summed E-state index contributed by atoms with van der Waals surface area (Å²) in [5, 5.41) is 13.9. The van der Waals surface area contributed by atoms with Gasteiger partial charge in [-0.25, -0.2) is 9.98 Å². The number of aromatic amines is 1. The van der Waals surface area contributed by atoms with Gasteiger partial charge in [0.2, 0.25) is 5.66 Å². The summed E-state index contributed by atoms with van der Waals surface area (Å²) in [4.78, 5) is 7.95. The lowest BCUT2D eigenvalue weighted by atomic mass is 10.2. The second-order valence-corrected chi connectivity index (χ2v) is 2.31. The van der Waals surface area contributed by atoms with Gasteiger partial charge in [-0.15, -0.1) is 10.2 Å². The van der Waals surface area contributed by atoms with Crippen molar-refractivity contribution in [1.82, 2.24) is 15.2 Å². The maximum atomic E-state index is 4.02. The number of nitrogens with zero attached hydrogens (tertiary/aromatic N) is 5. The average molecular weight is 150 g/mol. The molecule has 2 rings (SSSR count). The van der Waals surface area contributed by atoms with E-state index in [0.717, 1.165) is 0 Å². The Morgan fingerprint density at radius 2 is 2.45 bits per heavy atom. The molecule has 1 atom stereocenters. The quantitative estimate of drug-likeness (QED) is 0.631. The minimum Gasteiger partial charge on any atom is -0.260 e. The van der Waals surface area contributed by atoms with Gasteiger partial charge in [0.25, 0.3) is 0 Å². The minimum atomic E-state index is -0.684. The molecular weight excluding hydrogens is 144 g/mol. The van der Waals surface area contributed by atoms with E-state index in [1.807, 2.05) is 0 Å². The zero-order valence-electron chi connectivity index (χ0n) is 5.89. The van der Waals surface area contributed by atoms with E-state index in [2.05, 4.69) is 30.4 Å². The molecule has 2 heterocycles. The third-order valence-electron chi connectivity index (χ3n) is 1.48. The number of H-pyrrole nitrogens is 1. The monoisotopic (exact) mass is 150 g/mol. The van der Waals surface area contributed by atoms with E-state index in [1.54, 1.807) is 6.92 Å². The molecule has 6 nitrogen and oxygen atoms in total. The van der Waals surface area contributed by atoms with Crippen LogP contribution in [-0.2, 0) is 5.66 Å². The van der Waals surface area contributed by atoms with Crippen LogP contribution in [0.25, 0.3) is 0 Å². The summed E-state index contributed by atoms with van der Waals surface area (Å²) in [6.07, 6.45) is 2.83. The predicted molar refractivity (Wildman–Crippen MR) is 37.1 cm³/mol. The highest BCUT2D eigenvalue weighted by Gasteiger charge is 2.30. The molecule has 0 aromatic carbocycles. The highest BCUT2D eigenvalue weighted by Crippen LogP contribution is 2.25. The number of nitrogens with one attached hydrogen (secondary N) is 1. The summed E-state index contributed by atoms with van der Waals surface area (Å²) in [5.74, 6) is 0.606. The van der Waals surface area contributed by atoms with Gasteiger partial charge in [-0.3, -0.25) is 5.10 Å². The summed E-state index contributed by atoms with van der Waals surface area (Å²) in [7, 11) is 0. The summed E-state index contributed by atoms with van der Waals surface area (Å²) in [6, 6.07) is 0. The van der Waals surface area contributed by atoms with Crippen molar-refractivity contribution in [2.75, 3.05) is 0 Å². The minimum absolute atomic E-state index is 0.606. The summed E-state index contributed by atoms with van der Waals surface area (Å²) >= 11 is 0. The Hall–Kier alpha value is -1.59. The normalized spacial score (nSPS) is 28.1. The zero-order chi connectivity index (χ0) is 7.73. The Balaban J connectivity index is 2.43. The summed E-state index contributed by atoms with van der Waals surface area (Å²) in [6.45, 7) is 1.81. The molecular formula is C5H6N6. The average Bonchev–Trinajstić information content (AvgIpc) is 2.55. The van der Waals surface area contributed by atoms with Crippen molar-refractivity contribution in [3.8, 4) is 0 Å². The van der Waals surface area contributed by atoms with Crippen LogP contribution in [0.4, 0.5) is 0 Å². The fourth-order valence-electron chi connectivity index (χ4n) is 0.844. The SMILES string of the molecule is CC1(c2ncn[nH]2)N=CN=N1. The van der Waals surface area contributed by atoms with Crippen molar-refractivity contribution < 1.29 is 0 Å². The van der Waals surface area contributed by atoms with Gasteiger partial charge in [0.15, 0.2) is 5.82 Å². The lowest BCUT2D eigenvalue weighted by molar-refractivity contribution is 0.491. The topological polar surface area (TPSA) is 78.6 Å². The van der Waals surface area contributed by atoms with Crippen molar-refractivity contribution in [2.45, 2.75) is 12.6 Å². The molecule has 1 aromatic rings. The molecule has 6 heteroatoms. The van der Waals surface area contributed by atoms with Gasteiger partial charge in [0.05, 0.1) is 0 Å². The second kappa shape index (κ2) is 1.94. The van der Waals surface area contributed by atoms with Gasteiger partial charge >= 0.3 is 0 Å². The molecule has 56 valence electrons. The molecule has 0 spiro atoms. The number of hydrogen-bond donors (Lipinski definition) is 1. The van der Waals surface area contributed by atoms with Gasteiger partial charge in [-0.1, -0.05) is 0 Å². The van der Waals surface area contributed by atoms with Crippen molar-refractivity contribution in [3.63, 3.8) is 0 Å². The van der Waals surface area contributed by atoms with Crippen LogP contribution in [0.5, 0.6) is 0 Å². The van der Waals surface area contributed by atoms with Crippen LogP contribution >= 0.6 is 0 Å².